The molecular weight excluding hydrogens is 250 g/mol. The van der Waals surface area contributed by atoms with E-state index >= 15 is 0 Å². The Morgan fingerprint density at radius 1 is 1.15 bits per heavy atom. The van der Waals surface area contributed by atoms with Gasteiger partial charge in [0.2, 0.25) is 0 Å². The maximum Gasteiger partial charge on any atom is 0.118 e. The number of ether oxygens (including phenoxy) is 2. The molecule has 1 aromatic rings. The third kappa shape index (κ3) is 6.92. The van der Waals surface area contributed by atoms with E-state index in [2.05, 4.69) is 31.3 Å². The molecule has 0 aliphatic rings. The molecule has 1 N–H and O–H groups in total. The van der Waals surface area contributed by atoms with Gasteiger partial charge in [-0.3, -0.25) is 0 Å². The summed E-state index contributed by atoms with van der Waals surface area (Å²) < 4.78 is 10.9. The lowest BCUT2D eigenvalue weighted by atomic mass is 9.96. The maximum atomic E-state index is 5.70. The second kappa shape index (κ2) is 9.78. The van der Waals surface area contributed by atoms with Crippen LogP contribution in [0.15, 0.2) is 24.3 Å². The van der Waals surface area contributed by atoms with Gasteiger partial charge in [0.1, 0.15) is 5.75 Å². The molecule has 20 heavy (non-hydrogen) atoms. The molecular formula is C17H29NO2. The minimum atomic E-state index is 0.610. The van der Waals surface area contributed by atoms with Gasteiger partial charge in [-0.2, -0.15) is 0 Å². The summed E-state index contributed by atoms with van der Waals surface area (Å²) in [4.78, 5) is 0. The van der Waals surface area contributed by atoms with Crippen LogP contribution in [0.3, 0.4) is 0 Å². The average Bonchev–Trinajstić information content (AvgIpc) is 2.44. The van der Waals surface area contributed by atoms with Crippen LogP contribution < -0.4 is 10.1 Å². The first kappa shape index (κ1) is 17.0. The van der Waals surface area contributed by atoms with Crippen LogP contribution in [0, 0.1) is 11.8 Å². The Labute approximate surface area is 123 Å². The highest BCUT2D eigenvalue weighted by Gasteiger charge is 2.09. The maximum absolute atomic E-state index is 5.70. The number of methoxy groups -OCH3 is 1. The smallest absolute Gasteiger partial charge is 0.118 e. The molecule has 0 aliphatic heterocycles. The lowest BCUT2D eigenvalue weighted by molar-refractivity contribution is 0.0978. The van der Waals surface area contributed by atoms with Crippen molar-refractivity contribution in [2.45, 2.75) is 26.7 Å². The number of hydrogen-bond donors (Lipinski definition) is 1. The molecule has 0 saturated heterocycles. The molecule has 1 atom stereocenters. The van der Waals surface area contributed by atoms with Crippen LogP contribution in [0.25, 0.3) is 0 Å². The summed E-state index contributed by atoms with van der Waals surface area (Å²) in [5.74, 6) is 2.14. The van der Waals surface area contributed by atoms with Gasteiger partial charge in [-0.05, 0) is 56.0 Å². The van der Waals surface area contributed by atoms with Gasteiger partial charge in [-0.1, -0.05) is 26.0 Å². The Balaban J connectivity index is 2.40. The highest BCUT2D eigenvalue weighted by Crippen LogP contribution is 2.16. The predicted octanol–water partition coefficient (Wildman–Crippen LogP) is 3.14. The number of hydrogen-bond acceptors (Lipinski definition) is 3. The van der Waals surface area contributed by atoms with Crippen molar-refractivity contribution in [3.05, 3.63) is 29.8 Å². The van der Waals surface area contributed by atoms with Crippen molar-refractivity contribution in [3.8, 4) is 5.75 Å². The van der Waals surface area contributed by atoms with Crippen LogP contribution in [0.5, 0.6) is 5.75 Å². The molecule has 0 fully saturated rings. The van der Waals surface area contributed by atoms with E-state index in [0.717, 1.165) is 38.3 Å². The van der Waals surface area contributed by atoms with Crippen molar-refractivity contribution in [1.29, 1.82) is 0 Å². The van der Waals surface area contributed by atoms with Crippen molar-refractivity contribution in [2.75, 3.05) is 33.9 Å². The normalized spacial score (nSPS) is 12.7. The Hall–Kier alpha value is -1.06. The number of nitrogens with one attached hydrogen (secondary N) is 1. The lowest BCUT2D eigenvalue weighted by Crippen LogP contribution is -2.22. The molecule has 1 aromatic carbocycles. The van der Waals surface area contributed by atoms with Gasteiger partial charge in [0, 0.05) is 13.2 Å². The van der Waals surface area contributed by atoms with Crippen LogP contribution in [0.1, 0.15) is 25.8 Å². The molecule has 0 bridgehead atoms. The molecule has 1 unspecified atom stereocenters. The van der Waals surface area contributed by atoms with Gasteiger partial charge in [-0.15, -0.1) is 0 Å². The molecule has 3 heteroatoms. The van der Waals surface area contributed by atoms with Gasteiger partial charge < -0.3 is 14.8 Å². The summed E-state index contributed by atoms with van der Waals surface area (Å²) in [5, 5.41) is 3.28. The molecule has 1 rings (SSSR count). The Morgan fingerprint density at radius 3 is 2.40 bits per heavy atom. The standard InChI is InChI=1S/C17H29NO2/c1-14(2)13-20-10-9-16(12-18-3)11-15-5-7-17(19-4)8-6-15/h5-8,14,16,18H,9-13H2,1-4H3. The molecule has 0 saturated carbocycles. The Morgan fingerprint density at radius 2 is 1.85 bits per heavy atom. The fourth-order valence-corrected chi connectivity index (χ4v) is 2.23. The van der Waals surface area contributed by atoms with Crippen LogP contribution in [-0.2, 0) is 11.2 Å². The van der Waals surface area contributed by atoms with Crippen molar-refractivity contribution < 1.29 is 9.47 Å². The molecule has 0 aromatic heterocycles. The molecule has 3 nitrogen and oxygen atoms in total. The Bertz CT molecular complexity index is 349. The summed E-state index contributed by atoms with van der Waals surface area (Å²) in [5.41, 5.74) is 1.36. The highest BCUT2D eigenvalue weighted by atomic mass is 16.5. The van der Waals surface area contributed by atoms with Crippen molar-refractivity contribution in [2.24, 2.45) is 11.8 Å². The molecule has 114 valence electrons. The van der Waals surface area contributed by atoms with Gasteiger partial charge in [-0.25, -0.2) is 0 Å². The highest BCUT2D eigenvalue weighted by molar-refractivity contribution is 5.27. The summed E-state index contributed by atoms with van der Waals surface area (Å²) in [6.07, 6.45) is 2.18. The van der Waals surface area contributed by atoms with E-state index < -0.39 is 0 Å². The minimum absolute atomic E-state index is 0.610. The van der Waals surface area contributed by atoms with E-state index in [1.807, 2.05) is 19.2 Å². The monoisotopic (exact) mass is 279 g/mol. The Kier molecular flexibility index (Phi) is 8.31. The fraction of sp³-hybridized carbons (Fsp3) is 0.647. The fourth-order valence-electron chi connectivity index (χ4n) is 2.23. The zero-order valence-corrected chi connectivity index (χ0v) is 13.3. The third-order valence-corrected chi connectivity index (χ3v) is 3.30. The van der Waals surface area contributed by atoms with E-state index in [-0.39, 0.29) is 0 Å². The van der Waals surface area contributed by atoms with Crippen LogP contribution in [0.2, 0.25) is 0 Å². The van der Waals surface area contributed by atoms with E-state index in [1.54, 1.807) is 7.11 Å². The van der Waals surface area contributed by atoms with Crippen molar-refractivity contribution >= 4 is 0 Å². The van der Waals surface area contributed by atoms with E-state index in [4.69, 9.17) is 9.47 Å². The van der Waals surface area contributed by atoms with Gasteiger partial charge in [0.15, 0.2) is 0 Å². The summed E-state index contributed by atoms with van der Waals surface area (Å²) in [7, 11) is 3.71. The molecule has 0 heterocycles. The van der Waals surface area contributed by atoms with Gasteiger partial charge >= 0.3 is 0 Å². The van der Waals surface area contributed by atoms with Crippen molar-refractivity contribution in [1.82, 2.24) is 5.32 Å². The third-order valence-electron chi connectivity index (χ3n) is 3.30. The van der Waals surface area contributed by atoms with Crippen LogP contribution >= 0.6 is 0 Å². The number of rotatable bonds is 10. The van der Waals surface area contributed by atoms with E-state index in [9.17, 15) is 0 Å². The van der Waals surface area contributed by atoms with E-state index in [0.29, 0.717) is 11.8 Å². The second-order valence-electron chi connectivity index (χ2n) is 5.73. The van der Waals surface area contributed by atoms with Crippen LogP contribution in [0.4, 0.5) is 0 Å². The predicted molar refractivity (Wildman–Crippen MR) is 84.4 cm³/mol. The largest absolute Gasteiger partial charge is 0.497 e. The summed E-state index contributed by atoms with van der Waals surface area (Å²) in [6, 6.07) is 8.36. The second-order valence-corrected chi connectivity index (χ2v) is 5.73. The minimum Gasteiger partial charge on any atom is -0.497 e. The topological polar surface area (TPSA) is 30.5 Å². The summed E-state index contributed by atoms with van der Waals surface area (Å²) in [6.45, 7) is 7.09. The number of benzene rings is 1. The van der Waals surface area contributed by atoms with Gasteiger partial charge in [0.25, 0.3) is 0 Å². The first-order valence-electron chi connectivity index (χ1n) is 7.51. The molecule has 0 radical (unpaired) electrons. The zero-order valence-electron chi connectivity index (χ0n) is 13.3. The van der Waals surface area contributed by atoms with Crippen molar-refractivity contribution in [3.63, 3.8) is 0 Å². The molecule has 0 aliphatic carbocycles. The summed E-state index contributed by atoms with van der Waals surface area (Å²) >= 11 is 0. The van der Waals surface area contributed by atoms with Crippen LogP contribution in [-0.4, -0.2) is 33.9 Å². The lowest BCUT2D eigenvalue weighted by Gasteiger charge is -2.17. The van der Waals surface area contributed by atoms with E-state index in [1.165, 1.54) is 5.56 Å². The quantitative estimate of drug-likeness (QED) is 0.667. The first-order valence-corrected chi connectivity index (χ1v) is 7.51. The average molecular weight is 279 g/mol. The van der Waals surface area contributed by atoms with Gasteiger partial charge in [0.05, 0.1) is 7.11 Å². The molecule has 0 amide bonds. The first-order chi connectivity index (χ1) is 9.65. The SMILES string of the molecule is CNCC(CCOCC(C)C)Cc1ccc(OC)cc1. The zero-order chi connectivity index (χ0) is 14.8. The molecule has 0 spiro atoms.